The Morgan fingerprint density at radius 3 is 2.02 bits per heavy atom. The van der Waals surface area contributed by atoms with Gasteiger partial charge in [0.1, 0.15) is 18.3 Å². The lowest BCUT2D eigenvalue weighted by molar-refractivity contribution is -0.225. The number of rotatable bonds is 20. The Morgan fingerprint density at radius 1 is 0.712 bits per heavy atom. The molecule has 0 aromatic carbocycles. The second-order valence-corrected chi connectivity index (χ2v) is 17.0. The fourth-order valence-corrected chi connectivity index (χ4v) is 11.2. The van der Waals surface area contributed by atoms with E-state index in [2.05, 4.69) is 27.7 Å². The van der Waals surface area contributed by atoms with Gasteiger partial charge >= 0.3 is 23.9 Å². The number of carbonyl (C=O) groups is 4. The third-order valence-corrected chi connectivity index (χ3v) is 13.9. The van der Waals surface area contributed by atoms with Crippen LogP contribution in [0.15, 0.2) is 0 Å². The van der Waals surface area contributed by atoms with E-state index in [1.165, 1.54) is 25.7 Å². The van der Waals surface area contributed by atoms with E-state index in [1.54, 1.807) is 0 Å². The molecule has 0 spiro atoms. The topological polar surface area (TPSA) is 183 Å². The van der Waals surface area contributed by atoms with Gasteiger partial charge < -0.3 is 36.1 Å². The van der Waals surface area contributed by atoms with Crippen molar-refractivity contribution in [3.63, 3.8) is 0 Å². The van der Waals surface area contributed by atoms with Crippen LogP contribution in [0.25, 0.3) is 0 Å². The van der Waals surface area contributed by atoms with Crippen molar-refractivity contribution in [3.8, 4) is 0 Å². The van der Waals surface area contributed by atoms with Crippen LogP contribution in [-0.4, -0.2) is 68.4 Å². The molecule has 4 aliphatic carbocycles. The maximum atomic E-state index is 13.2. The maximum absolute atomic E-state index is 13.2. The molecule has 4 fully saturated rings. The summed E-state index contributed by atoms with van der Waals surface area (Å²) in [4.78, 5) is 51.6. The second kappa shape index (κ2) is 19.9. The molecule has 0 heterocycles. The van der Waals surface area contributed by atoms with Crippen molar-refractivity contribution in [2.45, 2.75) is 162 Å². The van der Waals surface area contributed by atoms with Gasteiger partial charge in [0.25, 0.3) is 0 Å². The first kappa shape index (κ1) is 42.5. The van der Waals surface area contributed by atoms with Crippen LogP contribution in [-0.2, 0) is 38.1 Å². The Labute approximate surface area is 312 Å². The van der Waals surface area contributed by atoms with Gasteiger partial charge in [-0.1, -0.05) is 59.8 Å². The summed E-state index contributed by atoms with van der Waals surface area (Å²) >= 11 is 0. The summed E-state index contributed by atoms with van der Waals surface area (Å²) in [7, 11) is 0. The Kier molecular flexibility index (Phi) is 16.3. The van der Waals surface area contributed by atoms with E-state index in [1.807, 2.05) is 0 Å². The van der Waals surface area contributed by atoms with Crippen molar-refractivity contribution in [2.75, 3.05) is 26.2 Å². The summed E-state index contributed by atoms with van der Waals surface area (Å²) in [6, 6.07) is 0. The Bertz CT molecular complexity index is 1180. The van der Waals surface area contributed by atoms with Gasteiger partial charge in [0.05, 0.1) is 25.9 Å². The lowest BCUT2D eigenvalue weighted by Gasteiger charge is -2.64. The first-order chi connectivity index (χ1) is 24.9. The number of hydrogen-bond donors (Lipinski definition) is 3. The molecule has 6 unspecified atom stereocenters. The van der Waals surface area contributed by atoms with Crippen LogP contribution in [0, 0.1) is 46.3 Å². The molecule has 4 aliphatic rings. The fourth-order valence-electron chi connectivity index (χ4n) is 11.2. The summed E-state index contributed by atoms with van der Waals surface area (Å²) in [6.45, 7) is 10.3. The molecule has 6 N–H and O–H groups in total. The van der Waals surface area contributed by atoms with Crippen molar-refractivity contribution < 1.29 is 38.1 Å². The fraction of sp³-hybridized carbons (Fsp3) is 0.902. The summed E-state index contributed by atoms with van der Waals surface area (Å²) in [5, 5.41) is 0. The molecule has 0 bridgehead atoms. The normalized spacial score (nSPS) is 34.3. The van der Waals surface area contributed by atoms with E-state index in [0.717, 1.165) is 38.5 Å². The average Bonchev–Trinajstić information content (AvgIpc) is 3.46. The van der Waals surface area contributed by atoms with Crippen LogP contribution in [0.4, 0.5) is 0 Å². The zero-order chi connectivity index (χ0) is 37.9. The molecule has 52 heavy (non-hydrogen) atoms. The zero-order valence-electron chi connectivity index (χ0n) is 32.8. The van der Waals surface area contributed by atoms with Crippen molar-refractivity contribution in [1.82, 2.24) is 0 Å². The molecule has 0 aliphatic heterocycles. The van der Waals surface area contributed by atoms with Crippen LogP contribution in [0.2, 0.25) is 0 Å². The highest BCUT2D eigenvalue weighted by Crippen LogP contribution is 2.69. The molecule has 0 aromatic heterocycles. The Morgan fingerprint density at radius 2 is 1.35 bits per heavy atom. The number of carbonyl (C=O) groups excluding carboxylic acids is 4. The minimum absolute atomic E-state index is 0.0910. The number of esters is 4. The number of ether oxygens (including phenoxy) is 4. The van der Waals surface area contributed by atoms with Crippen molar-refractivity contribution in [1.29, 1.82) is 0 Å². The predicted molar refractivity (Wildman–Crippen MR) is 199 cm³/mol. The van der Waals surface area contributed by atoms with Crippen LogP contribution < -0.4 is 17.2 Å². The van der Waals surface area contributed by atoms with Gasteiger partial charge in [0, 0.05) is 37.4 Å². The molecular weight excluding hydrogens is 662 g/mol. The Hall–Kier alpha value is -2.24. The standard InChI is InChI=1S/C41H71N3O8/c1-5-6-7-8-9-10-23-49-35(45)14-11-27(2)30-12-13-31-39-32(26-34(41(30,31)4)52-38(48)18-22-44)40(3)19-15-29(50-36(46)16-20-42)24-28(40)25-33(39)51-37(47)17-21-43/h27-34,39H,5-26,42-44H2,1-4H3/t27-,28?,29-,30?,31+,32+,33?,34+,39?,40?,41?/m1/s1. The third-order valence-electron chi connectivity index (χ3n) is 13.9. The van der Waals surface area contributed by atoms with E-state index < -0.39 is 0 Å². The lowest BCUT2D eigenvalue weighted by atomic mass is 9.43. The van der Waals surface area contributed by atoms with Gasteiger partial charge in [-0.15, -0.1) is 0 Å². The summed E-state index contributed by atoms with van der Waals surface area (Å²) in [5.41, 5.74) is 16.7. The second-order valence-electron chi connectivity index (χ2n) is 17.0. The highest BCUT2D eigenvalue weighted by molar-refractivity contribution is 5.71. The van der Waals surface area contributed by atoms with Gasteiger partial charge in [-0.25, -0.2) is 0 Å². The van der Waals surface area contributed by atoms with Crippen LogP contribution >= 0.6 is 0 Å². The molecule has 11 nitrogen and oxygen atoms in total. The van der Waals surface area contributed by atoms with E-state index in [4.69, 9.17) is 36.1 Å². The van der Waals surface area contributed by atoms with Crippen LogP contribution in [0.1, 0.15) is 143 Å². The third kappa shape index (κ3) is 10.1. The van der Waals surface area contributed by atoms with Gasteiger partial charge in [-0.3, -0.25) is 19.2 Å². The number of nitrogens with two attached hydrogens (primary N) is 3. The first-order valence-corrected chi connectivity index (χ1v) is 20.8. The molecule has 0 saturated heterocycles. The average molecular weight is 734 g/mol. The molecule has 11 heteroatoms. The SMILES string of the molecule is CCCCCCCCOC(=O)CC[C@@H](C)C1CC[C@H]2C3C(OC(=O)CCN)CC4C[C@H](OC(=O)CCN)CCC4(C)[C@H]3C[C@H](OC(=O)CCN)C12C. The highest BCUT2D eigenvalue weighted by atomic mass is 16.6. The summed E-state index contributed by atoms with van der Waals surface area (Å²) < 4.78 is 24.3. The predicted octanol–water partition coefficient (Wildman–Crippen LogP) is 5.97. The van der Waals surface area contributed by atoms with Gasteiger partial charge in [0.2, 0.25) is 0 Å². The van der Waals surface area contributed by atoms with E-state index in [9.17, 15) is 19.2 Å². The number of hydrogen-bond acceptors (Lipinski definition) is 11. The quantitative estimate of drug-likeness (QED) is 0.0762. The van der Waals surface area contributed by atoms with Crippen LogP contribution in [0.3, 0.4) is 0 Å². The van der Waals surface area contributed by atoms with Crippen LogP contribution in [0.5, 0.6) is 0 Å². The van der Waals surface area contributed by atoms with Crippen molar-refractivity contribution >= 4 is 23.9 Å². The smallest absolute Gasteiger partial charge is 0.307 e. The lowest BCUT2D eigenvalue weighted by Crippen LogP contribution is -2.63. The van der Waals surface area contributed by atoms with E-state index in [0.29, 0.717) is 38.7 Å². The molecular formula is C41H71N3O8. The molecule has 11 atom stereocenters. The van der Waals surface area contributed by atoms with Crippen molar-refractivity contribution in [2.24, 2.45) is 63.5 Å². The number of unbranched alkanes of at least 4 members (excludes halogenated alkanes) is 5. The monoisotopic (exact) mass is 734 g/mol. The number of fused-ring (bicyclic) bond motifs is 5. The minimum Gasteiger partial charge on any atom is -0.466 e. The molecule has 0 aromatic rings. The zero-order valence-corrected chi connectivity index (χ0v) is 32.8. The van der Waals surface area contributed by atoms with Gasteiger partial charge in [-0.2, -0.15) is 0 Å². The molecule has 0 amide bonds. The largest absolute Gasteiger partial charge is 0.466 e. The minimum atomic E-state index is -0.371. The van der Waals surface area contributed by atoms with Crippen molar-refractivity contribution in [3.05, 3.63) is 0 Å². The summed E-state index contributed by atoms with van der Waals surface area (Å²) in [5.74, 6) is -0.00360. The van der Waals surface area contributed by atoms with Gasteiger partial charge in [0.15, 0.2) is 0 Å². The Balaban J connectivity index is 1.56. The molecule has 4 saturated carbocycles. The van der Waals surface area contributed by atoms with E-state index in [-0.39, 0.29) is 127 Å². The highest BCUT2D eigenvalue weighted by Gasteiger charge is 2.67. The molecule has 4 rings (SSSR count). The molecule has 298 valence electrons. The molecule has 0 radical (unpaired) electrons. The van der Waals surface area contributed by atoms with Gasteiger partial charge in [-0.05, 0) is 92.8 Å². The first-order valence-electron chi connectivity index (χ1n) is 20.8. The maximum Gasteiger partial charge on any atom is 0.307 e. The van der Waals surface area contributed by atoms with E-state index >= 15 is 0 Å². The summed E-state index contributed by atoms with van der Waals surface area (Å²) in [6.07, 6.45) is 13.2.